The molecule has 0 aliphatic rings. The van der Waals surface area contributed by atoms with Crippen molar-refractivity contribution in [3.05, 3.63) is 48.0 Å². The third kappa shape index (κ3) is 9.00. The number of carboxylic acids is 2. The molecule has 136 valence electrons. The zero-order valence-electron chi connectivity index (χ0n) is 14.6. The highest BCUT2D eigenvalue weighted by Gasteiger charge is 2.06. The van der Waals surface area contributed by atoms with E-state index in [2.05, 4.69) is 0 Å². The third-order valence-corrected chi connectivity index (χ3v) is 3.02. The Morgan fingerprint density at radius 1 is 0.840 bits per heavy atom. The van der Waals surface area contributed by atoms with E-state index in [-0.39, 0.29) is 24.3 Å². The van der Waals surface area contributed by atoms with Crippen LogP contribution in [0, 0.1) is 6.92 Å². The second-order valence-electron chi connectivity index (χ2n) is 5.01. The summed E-state index contributed by atoms with van der Waals surface area (Å²) in [4.78, 5) is 18.7. The first kappa shape index (κ1) is 22.0. The molecule has 0 amide bonds. The Morgan fingerprint density at radius 2 is 1.32 bits per heavy atom. The van der Waals surface area contributed by atoms with Crippen LogP contribution in [0.25, 0.3) is 11.1 Å². The van der Waals surface area contributed by atoms with E-state index in [4.69, 9.17) is 10.2 Å². The van der Waals surface area contributed by atoms with Crippen LogP contribution in [-0.2, 0) is 9.59 Å². The Bertz CT molecular complexity index is 680. The monoisotopic (exact) mass is 348 g/mol. The number of aromatic hydroxyl groups is 2. The molecule has 0 bridgehead atoms. The van der Waals surface area contributed by atoms with Gasteiger partial charge in [0.2, 0.25) is 0 Å². The molecule has 25 heavy (non-hydrogen) atoms. The molecule has 4 N–H and O–H groups in total. The minimum atomic E-state index is -0.745. The van der Waals surface area contributed by atoms with Gasteiger partial charge in [-0.15, -0.1) is 0 Å². The molecule has 6 nitrogen and oxygen atoms in total. The summed E-state index contributed by atoms with van der Waals surface area (Å²) in [7, 11) is 0. The Hall–Kier alpha value is -3.02. The highest BCUT2D eigenvalue weighted by molar-refractivity contribution is 5.74. The van der Waals surface area contributed by atoms with Crippen molar-refractivity contribution >= 4 is 11.9 Å². The molecule has 0 spiro atoms. The van der Waals surface area contributed by atoms with Crippen LogP contribution in [0.2, 0.25) is 0 Å². The zero-order chi connectivity index (χ0) is 19.4. The maximum atomic E-state index is 9.70. The summed E-state index contributed by atoms with van der Waals surface area (Å²) in [5.41, 5.74) is 2.66. The average molecular weight is 348 g/mol. The van der Waals surface area contributed by atoms with Crippen LogP contribution in [0.3, 0.4) is 0 Å². The van der Waals surface area contributed by atoms with Crippen molar-refractivity contribution in [1.29, 1.82) is 0 Å². The van der Waals surface area contributed by atoms with Crippen molar-refractivity contribution in [3.8, 4) is 22.6 Å². The largest absolute Gasteiger partial charge is 0.508 e. The lowest BCUT2D eigenvalue weighted by atomic mass is 10.00. The van der Waals surface area contributed by atoms with E-state index in [9.17, 15) is 19.8 Å². The van der Waals surface area contributed by atoms with Gasteiger partial charge < -0.3 is 20.4 Å². The van der Waals surface area contributed by atoms with Crippen molar-refractivity contribution in [2.24, 2.45) is 0 Å². The molecule has 0 saturated carbocycles. The topological polar surface area (TPSA) is 115 Å². The highest BCUT2D eigenvalue weighted by atomic mass is 16.4. The Balaban J connectivity index is 0.000000480. The van der Waals surface area contributed by atoms with Gasteiger partial charge >= 0.3 is 11.9 Å². The van der Waals surface area contributed by atoms with Crippen LogP contribution >= 0.6 is 0 Å². The lowest BCUT2D eigenvalue weighted by molar-refractivity contribution is -0.137. The Kier molecular flexibility index (Phi) is 10.1. The van der Waals surface area contributed by atoms with E-state index in [0.717, 1.165) is 11.1 Å². The number of hydrogen-bond acceptors (Lipinski definition) is 4. The molecular formula is C19H24O6. The van der Waals surface area contributed by atoms with Gasteiger partial charge in [0, 0.05) is 18.4 Å². The van der Waals surface area contributed by atoms with Crippen LogP contribution in [0.5, 0.6) is 11.5 Å². The number of hydrogen-bond donors (Lipinski definition) is 4. The van der Waals surface area contributed by atoms with Gasteiger partial charge in [0.15, 0.2) is 0 Å². The predicted octanol–water partition coefficient (Wildman–Crippen LogP) is 4.04. The molecule has 0 atom stereocenters. The summed E-state index contributed by atoms with van der Waals surface area (Å²) in [6, 6.07) is 12.3. The van der Waals surface area contributed by atoms with E-state index in [1.807, 2.05) is 31.2 Å². The molecule has 2 aromatic carbocycles. The molecule has 0 unspecified atom stereocenters. The molecule has 0 aliphatic heterocycles. The van der Waals surface area contributed by atoms with Crippen LogP contribution in [0.1, 0.15) is 32.3 Å². The predicted molar refractivity (Wildman–Crippen MR) is 95.8 cm³/mol. The first-order valence-electron chi connectivity index (χ1n) is 7.74. The normalized spacial score (nSPS) is 9.08. The fourth-order valence-electron chi connectivity index (χ4n) is 1.61. The van der Waals surface area contributed by atoms with E-state index >= 15 is 0 Å². The van der Waals surface area contributed by atoms with Gasteiger partial charge in [0.25, 0.3) is 0 Å². The molecule has 0 saturated heterocycles. The summed E-state index contributed by atoms with van der Waals surface area (Å²) in [6.45, 7) is 5.17. The Morgan fingerprint density at radius 3 is 1.76 bits per heavy atom. The van der Waals surface area contributed by atoms with Crippen molar-refractivity contribution in [2.45, 2.75) is 33.6 Å². The van der Waals surface area contributed by atoms with Crippen molar-refractivity contribution in [3.63, 3.8) is 0 Å². The number of phenols is 2. The van der Waals surface area contributed by atoms with Crippen molar-refractivity contribution < 1.29 is 30.0 Å². The van der Waals surface area contributed by atoms with E-state index < -0.39 is 11.9 Å². The highest BCUT2D eigenvalue weighted by Crippen LogP contribution is 2.33. The Labute approximate surface area is 147 Å². The molecule has 0 radical (unpaired) electrons. The zero-order valence-corrected chi connectivity index (χ0v) is 14.6. The molecule has 2 aromatic rings. The maximum Gasteiger partial charge on any atom is 0.303 e. The van der Waals surface area contributed by atoms with Gasteiger partial charge in [-0.3, -0.25) is 9.59 Å². The smallest absolute Gasteiger partial charge is 0.303 e. The van der Waals surface area contributed by atoms with Crippen molar-refractivity contribution in [1.82, 2.24) is 0 Å². The summed E-state index contributed by atoms with van der Waals surface area (Å²) in [6.07, 6.45) is 0.444. The summed E-state index contributed by atoms with van der Waals surface area (Å²) >= 11 is 0. The molecule has 0 heterocycles. The van der Waals surface area contributed by atoms with Crippen LogP contribution in [0.15, 0.2) is 42.5 Å². The standard InChI is InChI=1S/C13H12O2.2C3H6O2/c1-9-4-2-3-5-11(9)12-8-10(14)6-7-13(12)15;2*1-2-3(4)5/h2-8,14-15H,1H3;2*2H2,1H3,(H,4,5). The molecule has 0 fully saturated rings. The lowest BCUT2D eigenvalue weighted by Gasteiger charge is -2.08. The molecular weight excluding hydrogens is 324 g/mol. The van der Waals surface area contributed by atoms with E-state index in [0.29, 0.717) is 5.56 Å². The van der Waals surface area contributed by atoms with Gasteiger partial charge in [-0.05, 0) is 36.2 Å². The van der Waals surface area contributed by atoms with E-state index in [1.54, 1.807) is 19.9 Å². The summed E-state index contributed by atoms with van der Waals surface area (Å²) in [5.74, 6) is -1.15. The van der Waals surface area contributed by atoms with Gasteiger partial charge in [0.05, 0.1) is 0 Å². The second-order valence-corrected chi connectivity index (χ2v) is 5.01. The van der Waals surface area contributed by atoms with E-state index in [1.165, 1.54) is 12.1 Å². The van der Waals surface area contributed by atoms with Gasteiger partial charge in [-0.1, -0.05) is 38.1 Å². The number of aryl methyl sites for hydroxylation is 1. The molecule has 0 aromatic heterocycles. The first-order valence-corrected chi connectivity index (χ1v) is 7.74. The number of carboxylic acid groups (broad SMARTS) is 2. The van der Waals surface area contributed by atoms with Gasteiger partial charge in [-0.25, -0.2) is 0 Å². The number of phenolic OH excluding ortho intramolecular Hbond substituents is 2. The van der Waals surface area contributed by atoms with Crippen LogP contribution in [-0.4, -0.2) is 32.4 Å². The maximum absolute atomic E-state index is 9.70. The first-order chi connectivity index (χ1) is 11.7. The van der Waals surface area contributed by atoms with Crippen molar-refractivity contribution in [2.75, 3.05) is 0 Å². The fraction of sp³-hybridized carbons (Fsp3) is 0.263. The van der Waals surface area contributed by atoms with Gasteiger partial charge in [0.1, 0.15) is 11.5 Å². The van der Waals surface area contributed by atoms with Crippen LogP contribution in [0.4, 0.5) is 0 Å². The number of carbonyl (C=O) groups is 2. The molecule has 2 rings (SSSR count). The fourth-order valence-corrected chi connectivity index (χ4v) is 1.61. The summed E-state index contributed by atoms with van der Waals surface area (Å²) in [5, 5.41) is 34.5. The number of rotatable bonds is 3. The summed E-state index contributed by atoms with van der Waals surface area (Å²) < 4.78 is 0. The lowest BCUT2D eigenvalue weighted by Crippen LogP contribution is -1.86. The van der Waals surface area contributed by atoms with Gasteiger partial charge in [-0.2, -0.15) is 0 Å². The minimum Gasteiger partial charge on any atom is -0.508 e. The second kappa shape index (κ2) is 11.5. The van der Waals surface area contributed by atoms with Crippen LogP contribution < -0.4 is 0 Å². The SMILES string of the molecule is CCC(=O)O.CCC(=O)O.Cc1ccccc1-c1cc(O)ccc1O. The number of aliphatic carboxylic acids is 2. The third-order valence-electron chi connectivity index (χ3n) is 3.02. The molecule has 6 heteroatoms. The minimum absolute atomic E-state index is 0.158. The average Bonchev–Trinajstić information content (AvgIpc) is 2.58. The number of benzene rings is 2. The molecule has 0 aliphatic carbocycles. The quantitative estimate of drug-likeness (QED) is 0.622.